The lowest BCUT2D eigenvalue weighted by Crippen LogP contribution is -2.24. The first kappa shape index (κ1) is 23.1. The van der Waals surface area contributed by atoms with Crippen molar-refractivity contribution in [3.05, 3.63) is 69.5 Å². The van der Waals surface area contributed by atoms with E-state index in [1.807, 2.05) is 30.5 Å². The summed E-state index contributed by atoms with van der Waals surface area (Å²) in [5.41, 5.74) is 2.13. The van der Waals surface area contributed by atoms with Gasteiger partial charge in [0.05, 0.1) is 28.0 Å². The number of carbonyl (C=O) groups excluding carboxylic acids is 2. The fraction of sp³-hybridized carbons (Fsp3) is 0.238. The minimum atomic E-state index is -0.242. The zero-order chi connectivity index (χ0) is 22.4. The monoisotopic (exact) mass is 477 g/mol. The number of nitrogens with zero attached hydrogens (tertiary/aromatic N) is 3. The predicted molar refractivity (Wildman–Crippen MR) is 124 cm³/mol. The fourth-order valence-corrected chi connectivity index (χ4v) is 3.93. The number of thioether (sulfide) groups is 1. The third-order valence-electron chi connectivity index (χ3n) is 4.39. The van der Waals surface area contributed by atoms with Crippen molar-refractivity contribution < 1.29 is 9.59 Å². The smallest absolute Gasteiger partial charge is 0.251 e. The first-order chi connectivity index (χ1) is 14.9. The van der Waals surface area contributed by atoms with Crippen LogP contribution in [0.25, 0.3) is 0 Å². The van der Waals surface area contributed by atoms with E-state index in [0.29, 0.717) is 38.8 Å². The topological polar surface area (TPSA) is 88.9 Å². The molecule has 0 saturated carbocycles. The second kappa shape index (κ2) is 10.7. The highest BCUT2D eigenvalue weighted by Crippen LogP contribution is 2.29. The van der Waals surface area contributed by atoms with Crippen molar-refractivity contribution in [2.75, 3.05) is 11.1 Å². The zero-order valence-corrected chi connectivity index (χ0v) is 19.3. The molecule has 0 saturated heterocycles. The molecular formula is C21H21Cl2N5O2S. The molecule has 31 heavy (non-hydrogen) atoms. The second-order valence-corrected chi connectivity index (χ2v) is 8.36. The Morgan fingerprint density at radius 2 is 1.84 bits per heavy atom. The number of carbonyl (C=O) groups is 2. The molecular weight excluding hydrogens is 457 g/mol. The molecule has 2 amide bonds. The average Bonchev–Trinajstić information content (AvgIpc) is 3.16. The first-order valence-corrected chi connectivity index (χ1v) is 11.3. The quantitative estimate of drug-likeness (QED) is 0.463. The molecule has 0 aliphatic carbocycles. The third kappa shape index (κ3) is 6.00. The Labute approximate surface area is 194 Å². The predicted octanol–water partition coefficient (Wildman–Crippen LogP) is 4.57. The summed E-state index contributed by atoms with van der Waals surface area (Å²) in [5.74, 6) is 0.312. The third-order valence-corrected chi connectivity index (χ3v) is 6.17. The molecule has 3 rings (SSSR count). The number of hydrogen-bond donors (Lipinski definition) is 2. The first-order valence-electron chi connectivity index (χ1n) is 9.52. The van der Waals surface area contributed by atoms with Gasteiger partial charge in [0.25, 0.3) is 5.91 Å². The van der Waals surface area contributed by atoms with Gasteiger partial charge in [-0.1, -0.05) is 58.7 Å². The number of aryl methyl sites for hydroxylation is 1. The Hall–Kier alpha value is -2.55. The van der Waals surface area contributed by atoms with Crippen molar-refractivity contribution >= 4 is 52.5 Å². The van der Waals surface area contributed by atoms with E-state index < -0.39 is 0 Å². The van der Waals surface area contributed by atoms with Crippen LogP contribution in [0.2, 0.25) is 10.0 Å². The number of halogens is 2. The van der Waals surface area contributed by atoms with Crippen LogP contribution in [-0.2, 0) is 17.9 Å². The Morgan fingerprint density at radius 3 is 2.55 bits per heavy atom. The lowest BCUT2D eigenvalue weighted by Gasteiger charge is -2.10. The maximum atomic E-state index is 12.3. The van der Waals surface area contributed by atoms with Crippen LogP contribution in [0, 0.1) is 6.92 Å². The molecule has 7 nitrogen and oxygen atoms in total. The van der Waals surface area contributed by atoms with Gasteiger partial charge in [0.1, 0.15) is 0 Å². The SMILES string of the molecule is CCn1c(CNC(=O)c2ccc(C)cc2)nnc1SCC(=O)Nc1cccc(Cl)c1Cl. The van der Waals surface area contributed by atoms with E-state index >= 15 is 0 Å². The van der Waals surface area contributed by atoms with Crippen LogP contribution in [0.3, 0.4) is 0 Å². The number of hydrogen-bond acceptors (Lipinski definition) is 5. The maximum absolute atomic E-state index is 12.3. The molecule has 2 aromatic carbocycles. The van der Waals surface area contributed by atoms with Gasteiger partial charge in [0.15, 0.2) is 11.0 Å². The molecule has 0 atom stereocenters. The van der Waals surface area contributed by atoms with Crippen molar-refractivity contribution in [3.8, 4) is 0 Å². The highest BCUT2D eigenvalue weighted by Gasteiger charge is 2.15. The Morgan fingerprint density at radius 1 is 1.10 bits per heavy atom. The summed E-state index contributed by atoms with van der Waals surface area (Å²) in [6.07, 6.45) is 0. The van der Waals surface area contributed by atoms with Crippen LogP contribution < -0.4 is 10.6 Å². The van der Waals surface area contributed by atoms with Gasteiger partial charge in [-0.05, 0) is 38.1 Å². The van der Waals surface area contributed by atoms with Crippen LogP contribution >= 0.6 is 35.0 Å². The van der Waals surface area contributed by atoms with Crippen LogP contribution in [-0.4, -0.2) is 32.3 Å². The van der Waals surface area contributed by atoms with Gasteiger partial charge in [0, 0.05) is 12.1 Å². The number of rotatable bonds is 8. The minimum absolute atomic E-state index is 0.122. The van der Waals surface area contributed by atoms with Crippen LogP contribution in [0.15, 0.2) is 47.6 Å². The molecule has 162 valence electrons. The molecule has 1 heterocycles. The van der Waals surface area contributed by atoms with E-state index in [1.165, 1.54) is 11.8 Å². The van der Waals surface area contributed by atoms with Crippen LogP contribution in [0.4, 0.5) is 5.69 Å². The fourth-order valence-electron chi connectivity index (χ4n) is 2.76. The highest BCUT2D eigenvalue weighted by atomic mass is 35.5. The van der Waals surface area contributed by atoms with E-state index in [9.17, 15) is 9.59 Å². The van der Waals surface area contributed by atoms with Gasteiger partial charge in [-0.2, -0.15) is 0 Å². The molecule has 0 spiro atoms. The van der Waals surface area contributed by atoms with Gasteiger partial charge in [0.2, 0.25) is 5.91 Å². The molecule has 2 N–H and O–H groups in total. The van der Waals surface area contributed by atoms with E-state index in [2.05, 4.69) is 20.8 Å². The molecule has 0 aliphatic rings. The Balaban J connectivity index is 1.58. The Kier molecular flexibility index (Phi) is 7.95. The molecule has 0 radical (unpaired) electrons. The molecule has 1 aromatic heterocycles. The van der Waals surface area contributed by atoms with Crippen molar-refractivity contribution in [2.24, 2.45) is 0 Å². The largest absolute Gasteiger partial charge is 0.345 e. The van der Waals surface area contributed by atoms with E-state index in [4.69, 9.17) is 23.2 Å². The van der Waals surface area contributed by atoms with Crippen molar-refractivity contribution in [3.63, 3.8) is 0 Å². The molecule has 10 heteroatoms. The lowest BCUT2D eigenvalue weighted by atomic mass is 10.1. The standard InChI is InChI=1S/C21H21Cl2N5O2S/c1-3-28-17(11-24-20(30)14-9-7-13(2)8-10-14)26-27-21(28)31-12-18(29)25-16-6-4-5-15(22)19(16)23/h4-10H,3,11-12H2,1-2H3,(H,24,30)(H,25,29). The summed E-state index contributed by atoms with van der Waals surface area (Å²) in [5, 5.41) is 15.2. The van der Waals surface area contributed by atoms with Crippen molar-refractivity contribution in [2.45, 2.75) is 32.1 Å². The number of nitrogens with one attached hydrogen (secondary N) is 2. The molecule has 0 aliphatic heterocycles. The number of anilines is 1. The highest BCUT2D eigenvalue weighted by molar-refractivity contribution is 7.99. The van der Waals surface area contributed by atoms with Gasteiger partial charge < -0.3 is 15.2 Å². The molecule has 0 bridgehead atoms. The van der Waals surface area contributed by atoms with Crippen molar-refractivity contribution in [1.29, 1.82) is 0 Å². The van der Waals surface area contributed by atoms with Gasteiger partial charge in [-0.3, -0.25) is 9.59 Å². The lowest BCUT2D eigenvalue weighted by molar-refractivity contribution is -0.113. The van der Waals surface area contributed by atoms with Gasteiger partial charge in [-0.25, -0.2) is 0 Å². The van der Waals surface area contributed by atoms with Crippen LogP contribution in [0.5, 0.6) is 0 Å². The summed E-state index contributed by atoms with van der Waals surface area (Å²) in [6.45, 7) is 4.75. The maximum Gasteiger partial charge on any atom is 0.251 e. The number of benzene rings is 2. The van der Waals surface area contributed by atoms with Gasteiger partial charge >= 0.3 is 0 Å². The summed E-state index contributed by atoms with van der Waals surface area (Å²) < 4.78 is 1.86. The zero-order valence-electron chi connectivity index (χ0n) is 17.0. The van der Waals surface area contributed by atoms with Crippen molar-refractivity contribution in [1.82, 2.24) is 20.1 Å². The number of aromatic nitrogens is 3. The molecule has 3 aromatic rings. The summed E-state index contributed by atoms with van der Waals surface area (Å²) >= 11 is 13.3. The molecule has 0 fully saturated rings. The Bertz CT molecular complexity index is 1090. The summed E-state index contributed by atoms with van der Waals surface area (Å²) in [6, 6.07) is 12.4. The van der Waals surface area contributed by atoms with Crippen LogP contribution in [0.1, 0.15) is 28.7 Å². The van der Waals surface area contributed by atoms with Gasteiger partial charge in [-0.15, -0.1) is 10.2 Å². The minimum Gasteiger partial charge on any atom is -0.345 e. The summed E-state index contributed by atoms with van der Waals surface area (Å²) in [7, 11) is 0. The number of amides is 2. The van der Waals surface area contributed by atoms with E-state index in [-0.39, 0.29) is 24.1 Å². The second-order valence-electron chi connectivity index (χ2n) is 6.63. The molecule has 0 unspecified atom stereocenters. The normalized spacial score (nSPS) is 10.7. The summed E-state index contributed by atoms with van der Waals surface area (Å²) in [4.78, 5) is 24.6. The van der Waals surface area contributed by atoms with E-state index in [1.54, 1.807) is 30.3 Å². The van der Waals surface area contributed by atoms with E-state index in [0.717, 1.165) is 5.56 Å². The average molecular weight is 478 g/mol.